The first-order chi connectivity index (χ1) is 15.7. The Morgan fingerprint density at radius 2 is 1.39 bits per heavy atom. The molecule has 33 heavy (non-hydrogen) atoms. The zero-order valence-corrected chi connectivity index (χ0v) is 21.4. The number of hydrogen-bond donors (Lipinski definition) is 1. The average Bonchev–Trinajstić information content (AvgIpc) is 2.77. The van der Waals surface area contributed by atoms with Gasteiger partial charge in [0.15, 0.2) is 5.78 Å². The maximum atomic E-state index is 13.0. The van der Waals surface area contributed by atoms with E-state index in [4.69, 9.17) is 34.8 Å². The van der Waals surface area contributed by atoms with Crippen LogP contribution in [0.1, 0.15) is 73.7 Å². The van der Waals surface area contributed by atoms with Crippen molar-refractivity contribution in [2.75, 3.05) is 6.54 Å². The topological polar surface area (TPSA) is 80.3 Å². The predicted molar refractivity (Wildman–Crippen MR) is 134 cm³/mol. The highest BCUT2D eigenvalue weighted by molar-refractivity contribution is 7.89. The maximum absolute atomic E-state index is 13.0. The Kier molecular flexibility index (Phi) is 11.9. The summed E-state index contributed by atoms with van der Waals surface area (Å²) in [5.74, 6) is -0.501. The molecule has 2 aromatic rings. The first kappa shape index (κ1) is 27.8. The third-order valence-corrected chi connectivity index (χ3v) is 7.46. The molecule has 0 unspecified atom stereocenters. The molecule has 0 heterocycles. The lowest BCUT2D eigenvalue weighted by Gasteiger charge is -2.12. The number of benzene rings is 2. The van der Waals surface area contributed by atoms with E-state index in [2.05, 4.69) is 4.72 Å². The summed E-state index contributed by atoms with van der Waals surface area (Å²) in [6.07, 6.45) is 8.07. The van der Waals surface area contributed by atoms with Crippen molar-refractivity contribution in [1.29, 1.82) is 0 Å². The number of halogens is 3. The van der Waals surface area contributed by atoms with E-state index in [9.17, 15) is 18.0 Å². The van der Waals surface area contributed by atoms with Gasteiger partial charge in [0.25, 0.3) is 0 Å². The standard InChI is InChI=1S/C24H28Cl3NO4S/c25-18-14-15-22(20(17-18)24(30)19-11-8-9-12-21(19)26)33(31,32)28-16-10-6-4-2-1-3-5-7-13-23(27)29/h8-9,11-12,14-15,17,28H,1-7,10,13,16H2. The molecule has 1 N–H and O–H groups in total. The molecule has 0 fully saturated rings. The van der Waals surface area contributed by atoms with Crippen LogP contribution in [0, 0.1) is 0 Å². The molecular weight excluding hydrogens is 505 g/mol. The highest BCUT2D eigenvalue weighted by Crippen LogP contribution is 2.26. The monoisotopic (exact) mass is 531 g/mol. The van der Waals surface area contributed by atoms with Gasteiger partial charge in [-0.05, 0) is 54.8 Å². The van der Waals surface area contributed by atoms with Gasteiger partial charge in [0.2, 0.25) is 15.3 Å². The van der Waals surface area contributed by atoms with E-state index in [0.717, 1.165) is 44.9 Å². The molecule has 2 aromatic carbocycles. The molecule has 0 bridgehead atoms. The third kappa shape index (κ3) is 9.38. The number of sulfonamides is 1. The van der Waals surface area contributed by atoms with Gasteiger partial charge in [-0.3, -0.25) is 9.59 Å². The molecular formula is C24H28Cl3NO4S. The number of unbranched alkanes of at least 4 members (excludes halogenated alkanes) is 7. The SMILES string of the molecule is O=C(Cl)CCCCCCCCCCNS(=O)(=O)c1ccc(Cl)cc1C(=O)c1ccccc1Cl. The Labute approximate surface area is 210 Å². The van der Waals surface area contributed by atoms with Crippen molar-refractivity contribution in [3.05, 3.63) is 63.6 Å². The molecule has 0 saturated carbocycles. The Morgan fingerprint density at radius 3 is 2.03 bits per heavy atom. The summed E-state index contributed by atoms with van der Waals surface area (Å²) in [5.41, 5.74) is 0.200. The van der Waals surface area contributed by atoms with Gasteiger partial charge in [-0.1, -0.05) is 73.9 Å². The molecule has 0 aromatic heterocycles. The van der Waals surface area contributed by atoms with Gasteiger partial charge in [-0.25, -0.2) is 13.1 Å². The minimum atomic E-state index is -3.90. The Hall–Kier alpha value is -1.44. The van der Waals surface area contributed by atoms with Crippen molar-refractivity contribution >= 4 is 55.9 Å². The van der Waals surface area contributed by atoms with E-state index in [1.165, 1.54) is 18.2 Å². The van der Waals surface area contributed by atoms with E-state index < -0.39 is 15.8 Å². The second-order valence-corrected chi connectivity index (χ2v) is 10.8. The van der Waals surface area contributed by atoms with E-state index in [-0.39, 0.29) is 37.9 Å². The number of hydrogen-bond acceptors (Lipinski definition) is 4. The highest BCUT2D eigenvalue weighted by Gasteiger charge is 2.24. The fourth-order valence-corrected chi connectivity index (χ4v) is 5.22. The molecule has 0 aliphatic rings. The molecule has 0 spiro atoms. The first-order valence-corrected chi connectivity index (χ1v) is 13.6. The van der Waals surface area contributed by atoms with Gasteiger partial charge in [0.1, 0.15) is 0 Å². The summed E-state index contributed by atoms with van der Waals surface area (Å²) in [5, 5.41) is 0.223. The van der Waals surface area contributed by atoms with Crippen LogP contribution in [-0.4, -0.2) is 26.0 Å². The van der Waals surface area contributed by atoms with Crippen LogP contribution in [-0.2, 0) is 14.8 Å². The molecule has 9 heteroatoms. The van der Waals surface area contributed by atoms with Crippen molar-refractivity contribution < 1.29 is 18.0 Å². The van der Waals surface area contributed by atoms with Crippen LogP contribution >= 0.6 is 34.8 Å². The van der Waals surface area contributed by atoms with Gasteiger partial charge in [-0.2, -0.15) is 0 Å². The van der Waals surface area contributed by atoms with Crippen LogP contribution in [0.4, 0.5) is 0 Å². The van der Waals surface area contributed by atoms with Gasteiger partial charge in [0, 0.05) is 29.1 Å². The fraction of sp³-hybridized carbons (Fsp3) is 0.417. The number of ketones is 1. The minimum Gasteiger partial charge on any atom is -0.289 e. The number of rotatable bonds is 15. The van der Waals surface area contributed by atoms with Gasteiger partial charge >= 0.3 is 0 Å². The summed E-state index contributed by atoms with van der Waals surface area (Å²) >= 11 is 17.5. The van der Waals surface area contributed by atoms with Crippen molar-refractivity contribution in [2.45, 2.75) is 62.7 Å². The van der Waals surface area contributed by atoms with E-state index in [1.807, 2.05) is 0 Å². The minimum absolute atomic E-state index is 0.0148. The number of carbonyl (C=O) groups excluding carboxylic acids is 2. The number of nitrogens with one attached hydrogen (secondary N) is 1. The molecule has 0 amide bonds. The van der Waals surface area contributed by atoms with Crippen molar-refractivity contribution in [3.63, 3.8) is 0 Å². The zero-order valence-electron chi connectivity index (χ0n) is 18.3. The third-order valence-electron chi connectivity index (χ3n) is 5.19. The van der Waals surface area contributed by atoms with Crippen LogP contribution in [0.2, 0.25) is 10.0 Å². The normalized spacial score (nSPS) is 11.5. The van der Waals surface area contributed by atoms with Crippen molar-refractivity contribution in [3.8, 4) is 0 Å². The first-order valence-electron chi connectivity index (χ1n) is 11.0. The summed E-state index contributed by atoms with van der Waals surface area (Å²) in [6, 6.07) is 10.6. The summed E-state index contributed by atoms with van der Waals surface area (Å²) < 4.78 is 28.4. The average molecular weight is 533 g/mol. The van der Waals surface area contributed by atoms with Gasteiger partial charge in [0.05, 0.1) is 9.92 Å². The van der Waals surface area contributed by atoms with Crippen molar-refractivity contribution in [1.82, 2.24) is 4.72 Å². The molecule has 0 aliphatic heterocycles. The second kappa shape index (κ2) is 14.1. The predicted octanol–water partition coefficient (Wildman–Crippen LogP) is 6.78. The fourth-order valence-electron chi connectivity index (χ4n) is 3.44. The summed E-state index contributed by atoms with van der Waals surface area (Å²) in [6.45, 7) is 0.280. The smallest absolute Gasteiger partial charge is 0.241 e. The lowest BCUT2D eigenvalue weighted by molar-refractivity contribution is -0.111. The summed E-state index contributed by atoms with van der Waals surface area (Å²) in [4.78, 5) is 23.6. The van der Waals surface area contributed by atoms with Crippen molar-refractivity contribution in [2.24, 2.45) is 0 Å². The van der Waals surface area contributed by atoms with Crippen LogP contribution < -0.4 is 4.72 Å². The van der Waals surface area contributed by atoms with E-state index in [1.54, 1.807) is 24.3 Å². The maximum Gasteiger partial charge on any atom is 0.241 e. The molecule has 0 atom stereocenters. The molecule has 2 rings (SSSR count). The molecule has 5 nitrogen and oxygen atoms in total. The van der Waals surface area contributed by atoms with Crippen LogP contribution in [0.5, 0.6) is 0 Å². The highest BCUT2D eigenvalue weighted by atomic mass is 35.5. The lowest BCUT2D eigenvalue weighted by atomic mass is 10.0. The Balaban J connectivity index is 1.86. The van der Waals surface area contributed by atoms with Crippen LogP contribution in [0.3, 0.4) is 0 Å². The van der Waals surface area contributed by atoms with Gasteiger partial charge < -0.3 is 0 Å². The Bertz CT molecular complexity index is 1060. The largest absolute Gasteiger partial charge is 0.289 e. The summed E-state index contributed by atoms with van der Waals surface area (Å²) in [7, 11) is -3.90. The number of carbonyl (C=O) groups is 2. The van der Waals surface area contributed by atoms with Crippen LogP contribution in [0.25, 0.3) is 0 Å². The van der Waals surface area contributed by atoms with E-state index >= 15 is 0 Å². The van der Waals surface area contributed by atoms with Gasteiger partial charge in [-0.15, -0.1) is 0 Å². The second-order valence-electron chi connectivity index (χ2n) is 7.78. The molecule has 0 aliphatic carbocycles. The zero-order chi connectivity index (χ0) is 24.3. The lowest BCUT2D eigenvalue weighted by Crippen LogP contribution is -2.26. The van der Waals surface area contributed by atoms with E-state index in [0.29, 0.717) is 12.8 Å². The Morgan fingerprint density at radius 1 is 0.788 bits per heavy atom. The molecule has 0 radical (unpaired) electrons. The molecule has 180 valence electrons. The van der Waals surface area contributed by atoms with Crippen LogP contribution in [0.15, 0.2) is 47.4 Å². The molecule has 0 saturated heterocycles. The quantitative estimate of drug-likeness (QED) is 0.156.